The third kappa shape index (κ3) is 10.4. The lowest BCUT2D eigenvalue weighted by atomic mass is 9.85. The van der Waals surface area contributed by atoms with Crippen molar-refractivity contribution in [2.24, 2.45) is 11.3 Å². The number of nitrogens with one attached hydrogen (secondary N) is 3. The molecule has 3 heterocycles. The molecule has 3 aliphatic rings. The zero-order valence-electron chi connectivity index (χ0n) is 33.7. The third-order valence-electron chi connectivity index (χ3n) is 10.6. The van der Waals surface area contributed by atoms with Gasteiger partial charge < -0.3 is 29.7 Å². The van der Waals surface area contributed by atoms with E-state index >= 15 is 0 Å². The van der Waals surface area contributed by atoms with Gasteiger partial charge in [0.1, 0.15) is 35.2 Å². The first kappa shape index (κ1) is 48.5. The van der Waals surface area contributed by atoms with E-state index in [2.05, 4.69) is 36.6 Å². The molecular formula is C40H44Cl3F3N6O8S2. The van der Waals surface area contributed by atoms with Gasteiger partial charge in [0, 0.05) is 39.1 Å². The van der Waals surface area contributed by atoms with Crippen LogP contribution in [-0.4, -0.2) is 90.0 Å². The van der Waals surface area contributed by atoms with Crippen LogP contribution in [0.5, 0.6) is 17.4 Å². The van der Waals surface area contributed by atoms with E-state index in [4.69, 9.17) is 21.1 Å². The van der Waals surface area contributed by atoms with Gasteiger partial charge in [0.05, 0.1) is 30.8 Å². The van der Waals surface area contributed by atoms with E-state index in [-0.39, 0.29) is 55.2 Å². The number of carbonyl (C=O) groups is 3. The fourth-order valence-corrected chi connectivity index (χ4v) is 9.52. The first-order valence-electron chi connectivity index (χ1n) is 18.9. The minimum atomic E-state index is -4.88. The van der Waals surface area contributed by atoms with E-state index in [0.717, 1.165) is 11.3 Å². The summed E-state index contributed by atoms with van der Waals surface area (Å²) in [5, 5.41) is 8.77. The Bertz CT molecular complexity index is 2470. The highest BCUT2D eigenvalue weighted by Gasteiger charge is 2.62. The Morgan fingerprint density at radius 3 is 2.45 bits per heavy atom. The van der Waals surface area contributed by atoms with E-state index in [1.165, 1.54) is 42.5 Å². The quantitative estimate of drug-likeness (QED) is 0.108. The normalized spacial score (nSPS) is 21.4. The predicted octanol–water partition coefficient (Wildman–Crippen LogP) is 7.31. The molecular weight excluding hydrogens is 920 g/mol. The Hall–Kier alpha value is -4.56. The molecule has 1 saturated heterocycles. The zero-order chi connectivity index (χ0) is 43.4. The molecule has 3 N–H and O–H groups in total. The van der Waals surface area contributed by atoms with E-state index < -0.39 is 80.2 Å². The highest BCUT2D eigenvalue weighted by atomic mass is 35.5. The highest BCUT2D eigenvalue weighted by molar-refractivity contribution is 7.91. The summed E-state index contributed by atoms with van der Waals surface area (Å²) in [7, 11) is -2.45. The topological polar surface area (TPSA) is 178 Å². The molecule has 7 rings (SSSR count). The maximum absolute atomic E-state index is 14.9. The number of benzene rings is 2. The van der Waals surface area contributed by atoms with Crippen LogP contribution in [0.15, 0.2) is 66.7 Å². The van der Waals surface area contributed by atoms with Crippen LogP contribution in [0.1, 0.15) is 46.5 Å². The monoisotopic (exact) mass is 962 g/mol. The van der Waals surface area contributed by atoms with Crippen LogP contribution < -0.4 is 29.6 Å². The molecule has 0 spiro atoms. The molecule has 0 radical (unpaired) electrons. The van der Waals surface area contributed by atoms with Gasteiger partial charge in [-0.05, 0) is 55.0 Å². The fraction of sp³-hybridized carbons (Fsp3) is 0.425. The Morgan fingerprint density at radius 2 is 1.82 bits per heavy atom. The number of amides is 3. The fourth-order valence-electron chi connectivity index (χ4n) is 7.24. The lowest BCUT2D eigenvalue weighted by Gasteiger charge is -2.35. The molecule has 2 aromatic carbocycles. The van der Waals surface area contributed by atoms with E-state index in [1.807, 2.05) is 20.8 Å². The van der Waals surface area contributed by atoms with Crippen molar-refractivity contribution in [1.82, 2.24) is 24.9 Å². The molecule has 2 aromatic heterocycles. The lowest BCUT2D eigenvalue weighted by Crippen LogP contribution is -2.58. The molecule has 3 amide bonds. The number of fused-ring (bicyclic) bond motifs is 1. The van der Waals surface area contributed by atoms with Crippen LogP contribution in [0.3, 0.4) is 0 Å². The van der Waals surface area contributed by atoms with Gasteiger partial charge in [-0.3, -0.25) is 19.1 Å². The van der Waals surface area contributed by atoms with Crippen LogP contribution in [0.4, 0.5) is 18.3 Å². The van der Waals surface area contributed by atoms with Gasteiger partial charge >= 0.3 is 6.36 Å². The van der Waals surface area contributed by atoms with Crippen molar-refractivity contribution >= 4 is 91.4 Å². The maximum Gasteiger partial charge on any atom is 0.573 e. The molecule has 4 aromatic rings. The molecule has 2 saturated carbocycles. The first-order valence-corrected chi connectivity index (χ1v) is 21.7. The summed E-state index contributed by atoms with van der Waals surface area (Å²) in [6.07, 6.45) is -1.83. The van der Waals surface area contributed by atoms with Gasteiger partial charge in [0.15, 0.2) is 5.13 Å². The van der Waals surface area contributed by atoms with Gasteiger partial charge in [-0.15, -0.1) is 55.9 Å². The summed E-state index contributed by atoms with van der Waals surface area (Å²) in [5.41, 5.74) is -1.75. The van der Waals surface area contributed by atoms with E-state index in [0.29, 0.717) is 45.6 Å². The van der Waals surface area contributed by atoms with Gasteiger partial charge in [-0.2, -0.15) is 0 Å². The Morgan fingerprint density at radius 1 is 1.10 bits per heavy atom. The summed E-state index contributed by atoms with van der Waals surface area (Å²) in [4.78, 5) is 53.3. The largest absolute Gasteiger partial charge is 0.573 e. The van der Waals surface area contributed by atoms with Gasteiger partial charge in [0.25, 0.3) is 5.91 Å². The van der Waals surface area contributed by atoms with Crippen LogP contribution in [0.2, 0.25) is 5.02 Å². The third-order valence-corrected chi connectivity index (χ3v) is 13.4. The summed E-state index contributed by atoms with van der Waals surface area (Å²) in [5.74, 6) is -2.47. The molecule has 2 aliphatic carbocycles. The number of ether oxygens (including phenoxy) is 3. The van der Waals surface area contributed by atoms with E-state index in [9.17, 15) is 36.0 Å². The number of thiazole rings is 1. The number of rotatable bonds is 14. The summed E-state index contributed by atoms with van der Waals surface area (Å²) in [6, 6.07) is 8.21. The number of nitrogens with zero attached hydrogens (tertiary/aromatic N) is 3. The molecule has 22 heteroatoms. The standard InChI is InChI=1S/C40H42ClF3N6O8S2.2ClH/c1-6-22-17-39(22,36(53)49-60(54,55)26-11-12-26)48-33(51)30-16-25(57-34-28-15-23(41)10-13-27(28)31(56-5)18-45-34)19-50(30)35(52)32(38(2,3)4)47-37-46-29(20-59-37)21-8-7-9-24(14-21)58-40(42,43)44;;/h6-10,13-15,18,20,22,25-26,30,32H,1,11-12,16-17,19H2,2-5H3,(H,46,47)(H,48,51)(H,49,53);2*1H/t22-,25-,30+,32-,39-;;/m1../s1. The van der Waals surface area contributed by atoms with Gasteiger partial charge in [0.2, 0.25) is 27.7 Å². The van der Waals surface area contributed by atoms with Crippen molar-refractivity contribution in [1.29, 1.82) is 0 Å². The molecule has 0 unspecified atom stereocenters. The second-order valence-corrected chi connectivity index (χ2v) is 19.3. The van der Waals surface area contributed by atoms with E-state index in [1.54, 1.807) is 29.6 Å². The number of methoxy groups -OCH3 is 1. The van der Waals surface area contributed by atoms with Crippen molar-refractivity contribution in [3.8, 4) is 28.6 Å². The first-order chi connectivity index (χ1) is 28.2. The SMILES string of the molecule is C=C[C@@H]1C[C@]1(NC(=O)[C@@H]1C[C@@H](Oc2ncc(OC)c3ccc(Cl)cc23)CN1C(=O)[C@@H](Nc1nc(-c2cccc(OC(F)(F)F)c2)cs1)C(C)(C)C)C(=O)NS(=O)(=O)C1CC1.Cl.Cl. The van der Waals surface area contributed by atoms with Crippen molar-refractivity contribution < 1.29 is 50.2 Å². The number of hydrogen-bond acceptors (Lipinski definition) is 12. The van der Waals surface area contributed by atoms with Crippen molar-refractivity contribution in [3.05, 3.63) is 71.7 Å². The van der Waals surface area contributed by atoms with Crippen molar-refractivity contribution in [2.75, 3.05) is 19.0 Å². The Labute approximate surface area is 377 Å². The summed E-state index contributed by atoms with van der Waals surface area (Å²) >= 11 is 7.48. The van der Waals surface area contributed by atoms with Crippen LogP contribution in [0.25, 0.3) is 22.0 Å². The van der Waals surface area contributed by atoms with Crippen LogP contribution in [-0.2, 0) is 24.4 Å². The lowest BCUT2D eigenvalue weighted by molar-refractivity contribution is -0.274. The minimum absolute atomic E-state index is 0. The average Bonchev–Trinajstić information content (AvgIpc) is 4.06. The number of likely N-dealkylation sites (tertiary alicyclic amines) is 1. The van der Waals surface area contributed by atoms with Crippen molar-refractivity contribution in [2.45, 2.75) is 81.8 Å². The number of alkyl halides is 3. The number of anilines is 1. The number of aromatic nitrogens is 2. The Balaban J connectivity index is 0.00000363. The predicted molar refractivity (Wildman–Crippen MR) is 233 cm³/mol. The maximum atomic E-state index is 14.9. The second-order valence-electron chi connectivity index (χ2n) is 16.0. The minimum Gasteiger partial charge on any atom is -0.494 e. The van der Waals surface area contributed by atoms with Crippen LogP contribution in [0, 0.1) is 11.3 Å². The zero-order valence-corrected chi connectivity index (χ0v) is 37.7. The average molecular weight is 964 g/mol. The van der Waals surface area contributed by atoms with Crippen LogP contribution >= 0.6 is 47.8 Å². The second kappa shape index (κ2) is 18.3. The summed E-state index contributed by atoms with van der Waals surface area (Å²) in [6.45, 7) is 9.10. The molecule has 0 bridgehead atoms. The summed E-state index contributed by atoms with van der Waals surface area (Å²) < 4.78 is 82.4. The molecule has 5 atom stereocenters. The number of pyridine rings is 1. The number of halogens is 6. The van der Waals surface area contributed by atoms with Gasteiger partial charge in [-0.25, -0.2) is 18.4 Å². The number of carbonyl (C=O) groups excluding carboxylic acids is 3. The molecule has 1 aliphatic heterocycles. The van der Waals surface area contributed by atoms with Crippen molar-refractivity contribution in [3.63, 3.8) is 0 Å². The molecule has 336 valence electrons. The molecule has 62 heavy (non-hydrogen) atoms. The smallest absolute Gasteiger partial charge is 0.494 e. The van der Waals surface area contributed by atoms with Gasteiger partial charge in [-0.1, -0.05) is 50.6 Å². The number of hydrogen-bond donors (Lipinski definition) is 3. The molecule has 14 nitrogen and oxygen atoms in total. The highest BCUT2D eigenvalue weighted by Crippen LogP contribution is 2.46. The Kier molecular flexibility index (Phi) is 14.3. The molecule has 3 fully saturated rings. The number of sulfonamides is 1.